The number of hydrogen-bond acceptors (Lipinski definition) is 6. The van der Waals surface area contributed by atoms with Crippen LogP contribution in [0.1, 0.15) is 17.5 Å². The highest BCUT2D eigenvalue weighted by Crippen LogP contribution is 2.18. The van der Waals surface area contributed by atoms with Crippen molar-refractivity contribution in [2.75, 3.05) is 5.73 Å². The van der Waals surface area contributed by atoms with E-state index in [9.17, 15) is 8.42 Å². The first-order valence-electron chi connectivity index (χ1n) is 5.65. The highest BCUT2D eigenvalue weighted by molar-refractivity contribution is 7.89. The summed E-state index contributed by atoms with van der Waals surface area (Å²) in [6, 6.07) is 0. The second kappa shape index (κ2) is 5.27. The van der Waals surface area contributed by atoms with Crippen LogP contribution in [0, 0.1) is 6.92 Å². The van der Waals surface area contributed by atoms with E-state index in [0.717, 1.165) is 10.6 Å². The highest BCUT2D eigenvalue weighted by atomic mass is 32.2. The second-order valence-electron chi connectivity index (χ2n) is 3.92. The van der Waals surface area contributed by atoms with E-state index in [1.54, 1.807) is 5.51 Å². The number of aromatic nitrogens is 3. The van der Waals surface area contributed by atoms with Crippen molar-refractivity contribution in [1.29, 1.82) is 0 Å². The molecule has 2 rings (SSSR count). The molecule has 0 aromatic carbocycles. The van der Waals surface area contributed by atoms with Gasteiger partial charge in [-0.2, -0.15) is 5.10 Å². The summed E-state index contributed by atoms with van der Waals surface area (Å²) in [7, 11) is -3.65. The average Bonchev–Trinajstić information content (AvgIpc) is 2.93. The van der Waals surface area contributed by atoms with E-state index in [1.165, 1.54) is 22.2 Å². The summed E-state index contributed by atoms with van der Waals surface area (Å²) in [4.78, 5) is 4.96. The molecular weight excluding hydrogens is 286 g/mol. The minimum atomic E-state index is -3.65. The van der Waals surface area contributed by atoms with Crippen LogP contribution < -0.4 is 10.5 Å². The van der Waals surface area contributed by atoms with Crippen molar-refractivity contribution in [3.63, 3.8) is 0 Å². The molecule has 0 fully saturated rings. The van der Waals surface area contributed by atoms with Crippen molar-refractivity contribution < 1.29 is 8.42 Å². The molecule has 0 aliphatic carbocycles. The topological polar surface area (TPSA) is 103 Å². The Hall–Kier alpha value is -1.45. The van der Waals surface area contributed by atoms with Crippen LogP contribution in [0.2, 0.25) is 0 Å². The van der Waals surface area contributed by atoms with Crippen molar-refractivity contribution in [2.24, 2.45) is 0 Å². The molecule has 19 heavy (non-hydrogen) atoms. The fourth-order valence-electron chi connectivity index (χ4n) is 1.52. The van der Waals surface area contributed by atoms with E-state index in [2.05, 4.69) is 14.8 Å². The zero-order valence-electron chi connectivity index (χ0n) is 10.6. The first kappa shape index (κ1) is 14.0. The Morgan fingerprint density at radius 3 is 2.79 bits per heavy atom. The lowest BCUT2D eigenvalue weighted by atomic mass is 10.4. The van der Waals surface area contributed by atoms with Gasteiger partial charge in [0.15, 0.2) is 5.82 Å². The number of nitrogens with one attached hydrogen (secondary N) is 1. The molecule has 0 atom stereocenters. The molecule has 0 spiro atoms. The Morgan fingerprint density at radius 1 is 1.53 bits per heavy atom. The Bertz CT molecular complexity index is 674. The lowest BCUT2D eigenvalue weighted by Gasteiger charge is -2.04. The second-order valence-corrected chi connectivity index (χ2v) is 6.59. The Labute approximate surface area is 115 Å². The predicted molar refractivity (Wildman–Crippen MR) is 73.2 cm³/mol. The van der Waals surface area contributed by atoms with Crippen LogP contribution >= 0.6 is 11.3 Å². The fraction of sp³-hybridized carbons (Fsp3) is 0.400. The van der Waals surface area contributed by atoms with Gasteiger partial charge in [-0.1, -0.05) is 0 Å². The molecule has 104 valence electrons. The molecular formula is C10H15N5O2S2. The van der Waals surface area contributed by atoms with E-state index in [1.807, 2.05) is 13.8 Å². The van der Waals surface area contributed by atoms with E-state index in [4.69, 9.17) is 5.73 Å². The zero-order valence-corrected chi connectivity index (χ0v) is 12.3. The van der Waals surface area contributed by atoms with Crippen molar-refractivity contribution >= 4 is 27.2 Å². The lowest BCUT2D eigenvalue weighted by molar-refractivity contribution is 0.581. The number of nitrogens with two attached hydrogens (primary N) is 1. The summed E-state index contributed by atoms with van der Waals surface area (Å²) in [6.45, 7) is 4.46. The number of rotatable bonds is 5. The van der Waals surface area contributed by atoms with Gasteiger partial charge in [0.25, 0.3) is 0 Å². The molecule has 2 aromatic heterocycles. The smallest absolute Gasteiger partial charge is 0.246 e. The van der Waals surface area contributed by atoms with Crippen molar-refractivity contribution in [2.45, 2.75) is 31.8 Å². The summed E-state index contributed by atoms with van der Waals surface area (Å²) in [5.74, 6) is 0.00961. The maximum absolute atomic E-state index is 12.1. The summed E-state index contributed by atoms with van der Waals surface area (Å²) >= 11 is 1.41. The van der Waals surface area contributed by atoms with Gasteiger partial charge in [0, 0.05) is 24.2 Å². The van der Waals surface area contributed by atoms with Crippen LogP contribution in [0.15, 0.2) is 16.6 Å². The Morgan fingerprint density at radius 2 is 2.26 bits per heavy atom. The number of nitrogen functional groups attached to an aromatic ring is 1. The summed E-state index contributed by atoms with van der Waals surface area (Å²) < 4.78 is 28.3. The Kier molecular flexibility index (Phi) is 3.88. The van der Waals surface area contributed by atoms with Crippen LogP contribution in [0.4, 0.5) is 5.82 Å². The van der Waals surface area contributed by atoms with Gasteiger partial charge >= 0.3 is 0 Å². The molecule has 7 nitrogen and oxygen atoms in total. The third-order valence-corrected chi connectivity index (χ3v) is 4.99. The fourth-order valence-corrected chi connectivity index (χ4v) is 3.40. The van der Waals surface area contributed by atoms with Gasteiger partial charge in [-0.25, -0.2) is 18.1 Å². The van der Waals surface area contributed by atoms with Gasteiger partial charge in [0.05, 0.1) is 11.2 Å². The molecule has 9 heteroatoms. The van der Waals surface area contributed by atoms with Crippen molar-refractivity contribution in [3.8, 4) is 0 Å². The van der Waals surface area contributed by atoms with Crippen LogP contribution in [-0.2, 0) is 23.1 Å². The largest absolute Gasteiger partial charge is 0.381 e. The molecule has 0 amide bonds. The number of aryl methyl sites for hydroxylation is 2. The first-order valence-corrected chi connectivity index (χ1v) is 8.02. The Balaban J connectivity index is 2.18. The molecule has 3 N–H and O–H groups in total. The van der Waals surface area contributed by atoms with E-state index >= 15 is 0 Å². The minimum Gasteiger partial charge on any atom is -0.381 e. The third kappa shape index (κ3) is 2.94. The van der Waals surface area contributed by atoms with Crippen molar-refractivity contribution in [1.82, 2.24) is 19.5 Å². The molecule has 2 heterocycles. The molecule has 0 aliphatic rings. The lowest BCUT2D eigenvalue weighted by Crippen LogP contribution is -2.23. The van der Waals surface area contributed by atoms with Gasteiger partial charge in [-0.3, -0.25) is 4.68 Å². The summed E-state index contributed by atoms with van der Waals surface area (Å²) in [5, 5.41) is 3.92. The first-order chi connectivity index (χ1) is 8.94. The van der Waals surface area contributed by atoms with Crippen LogP contribution in [-0.4, -0.2) is 23.2 Å². The molecule has 2 aromatic rings. The quantitative estimate of drug-likeness (QED) is 0.847. The van der Waals surface area contributed by atoms with Gasteiger partial charge in [0.1, 0.15) is 4.90 Å². The van der Waals surface area contributed by atoms with Crippen LogP contribution in [0.3, 0.4) is 0 Å². The SMILES string of the molecule is CCn1cc(S(=O)(=O)NCc2scnc2C)c(N)n1. The maximum atomic E-state index is 12.1. The zero-order chi connectivity index (χ0) is 14.0. The summed E-state index contributed by atoms with van der Waals surface area (Å²) in [6.07, 6.45) is 1.43. The molecule has 0 bridgehead atoms. The van der Waals surface area contributed by atoms with Crippen LogP contribution in [0.25, 0.3) is 0 Å². The number of thiazole rings is 1. The number of sulfonamides is 1. The van der Waals surface area contributed by atoms with Gasteiger partial charge in [-0.05, 0) is 13.8 Å². The molecule has 0 saturated heterocycles. The average molecular weight is 301 g/mol. The highest BCUT2D eigenvalue weighted by Gasteiger charge is 2.21. The van der Waals surface area contributed by atoms with Gasteiger partial charge < -0.3 is 5.73 Å². The van der Waals surface area contributed by atoms with Crippen LogP contribution in [0.5, 0.6) is 0 Å². The van der Waals surface area contributed by atoms with E-state index in [0.29, 0.717) is 6.54 Å². The molecule has 0 unspecified atom stereocenters. The molecule has 0 aliphatic heterocycles. The van der Waals surface area contributed by atoms with Gasteiger partial charge in [-0.15, -0.1) is 11.3 Å². The number of nitrogens with zero attached hydrogens (tertiary/aromatic N) is 3. The number of anilines is 1. The third-order valence-electron chi connectivity index (χ3n) is 2.64. The van der Waals surface area contributed by atoms with Crippen molar-refractivity contribution in [3.05, 3.63) is 22.3 Å². The summed E-state index contributed by atoms with van der Waals surface area (Å²) in [5.41, 5.74) is 8.13. The predicted octanol–water partition coefficient (Wildman–Crippen LogP) is 0.729. The van der Waals surface area contributed by atoms with E-state index in [-0.39, 0.29) is 17.3 Å². The monoisotopic (exact) mass is 301 g/mol. The van der Waals surface area contributed by atoms with E-state index < -0.39 is 10.0 Å². The normalized spacial score (nSPS) is 11.9. The molecule has 0 saturated carbocycles. The maximum Gasteiger partial charge on any atom is 0.246 e. The minimum absolute atomic E-state index is 0.00961. The molecule has 0 radical (unpaired) electrons. The van der Waals surface area contributed by atoms with Gasteiger partial charge in [0.2, 0.25) is 10.0 Å². The standard InChI is InChI=1S/C10H15N5O2S2/c1-3-15-5-9(10(11)14-15)19(16,17)13-4-8-7(2)12-6-18-8/h5-6,13H,3-4H2,1-2H3,(H2,11,14). The number of hydrogen-bond donors (Lipinski definition) is 2.